The Kier molecular flexibility index (Phi) is 5.00. The van der Waals surface area contributed by atoms with Gasteiger partial charge in [-0.15, -0.1) is 0 Å². The first-order chi connectivity index (χ1) is 6.84. The van der Waals surface area contributed by atoms with E-state index in [1.807, 2.05) is 12.1 Å². The summed E-state index contributed by atoms with van der Waals surface area (Å²) < 4.78 is 5.48. The molecular formula is C11H18N2O. The number of pyridine rings is 1. The third-order valence-electron chi connectivity index (χ3n) is 2.08. The Morgan fingerprint density at radius 3 is 3.00 bits per heavy atom. The van der Waals surface area contributed by atoms with Crippen LogP contribution in [-0.2, 0) is 11.3 Å². The lowest BCUT2D eigenvalue weighted by Gasteiger charge is -2.05. The van der Waals surface area contributed by atoms with E-state index in [-0.39, 0.29) is 0 Å². The van der Waals surface area contributed by atoms with E-state index in [4.69, 9.17) is 10.5 Å². The Hall–Kier alpha value is -1.09. The van der Waals surface area contributed by atoms with Crippen molar-refractivity contribution in [1.82, 2.24) is 4.98 Å². The van der Waals surface area contributed by atoms with Crippen molar-refractivity contribution in [3.63, 3.8) is 0 Å². The summed E-state index contributed by atoms with van der Waals surface area (Å²) >= 11 is 0. The fourth-order valence-corrected chi connectivity index (χ4v) is 1.21. The number of rotatable bonds is 6. The van der Waals surface area contributed by atoms with Gasteiger partial charge >= 0.3 is 0 Å². The first-order valence-corrected chi connectivity index (χ1v) is 5.11. The summed E-state index contributed by atoms with van der Waals surface area (Å²) in [6.45, 7) is 3.56. The van der Waals surface area contributed by atoms with Gasteiger partial charge < -0.3 is 10.5 Å². The molecule has 3 heteroatoms. The maximum Gasteiger partial charge on any atom is 0.128 e. The average Bonchev–Trinajstić information content (AvgIpc) is 2.20. The molecule has 2 N–H and O–H groups in total. The highest BCUT2D eigenvalue weighted by Crippen LogP contribution is 2.08. The van der Waals surface area contributed by atoms with E-state index in [1.54, 1.807) is 6.20 Å². The van der Waals surface area contributed by atoms with Crippen LogP contribution >= 0.6 is 0 Å². The minimum atomic E-state index is 0.572. The second kappa shape index (κ2) is 6.38. The van der Waals surface area contributed by atoms with Gasteiger partial charge in [-0.3, -0.25) is 0 Å². The predicted molar refractivity (Wildman–Crippen MR) is 57.8 cm³/mol. The Labute approximate surface area is 85.3 Å². The monoisotopic (exact) mass is 194 g/mol. The van der Waals surface area contributed by atoms with Gasteiger partial charge in [-0.05, 0) is 12.5 Å². The molecule has 0 aliphatic rings. The number of hydrogen-bond donors (Lipinski definition) is 1. The summed E-state index contributed by atoms with van der Waals surface area (Å²) in [5.41, 5.74) is 6.65. The van der Waals surface area contributed by atoms with Crippen LogP contribution in [0.1, 0.15) is 31.7 Å². The minimum absolute atomic E-state index is 0.572. The van der Waals surface area contributed by atoms with Crippen molar-refractivity contribution >= 4 is 5.82 Å². The molecule has 0 radical (unpaired) electrons. The molecule has 0 saturated heterocycles. The molecule has 3 nitrogen and oxygen atoms in total. The van der Waals surface area contributed by atoms with Crippen LogP contribution in [-0.4, -0.2) is 11.6 Å². The zero-order valence-electron chi connectivity index (χ0n) is 8.70. The Bertz CT molecular complexity index is 263. The molecule has 78 valence electrons. The molecule has 0 unspecified atom stereocenters. The third kappa shape index (κ3) is 3.75. The van der Waals surface area contributed by atoms with Crippen LogP contribution < -0.4 is 5.73 Å². The lowest BCUT2D eigenvalue weighted by molar-refractivity contribution is 0.117. The van der Waals surface area contributed by atoms with E-state index >= 15 is 0 Å². The van der Waals surface area contributed by atoms with Gasteiger partial charge in [0.2, 0.25) is 0 Å². The molecule has 1 aromatic rings. The number of hydrogen-bond acceptors (Lipinski definition) is 3. The van der Waals surface area contributed by atoms with E-state index in [1.165, 1.54) is 12.8 Å². The lowest BCUT2D eigenvalue weighted by Crippen LogP contribution is -2.00. The maximum absolute atomic E-state index is 5.67. The summed E-state index contributed by atoms with van der Waals surface area (Å²) in [7, 11) is 0. The molecule has 1 aromatic heterocycles. The average molecular weight is 194 g/mol. The van der Waals surface area contributed by atoms with Crippen LogP contribution in [0.2, 0.25) is 0 Å². The normalized spacial score (nSPS) is 10.4. The quantitative estimate of drug-likeness (QED) is 0.707. The molecular weight excluding hydrogens is 176 g/mol. The van der Waals surface area contributed by atoms with Crippen molar-refractivity contribution < 1.29 is 4.74 Å². The van der Waals surface area contributed by atoms with Gasteiger partial charge in [-0.2, -0.15) is 0 Å². The zero-order chi connectivity index (χ0) is 10.2. The van der Waals surface area contributed by atoms with Crippen molar-refractivity contribution in [3.05, 3.63) is 23.9 Å². The van der Waals surface area contributed by atoms with E-state index in [9.17, 15) is 0 Å². The molecule has 0 aliphatic heterocycles. The third-order valence-corrected chi connectivity index (χ3v) is 2.08. The predicted octanol–water partition coefficient (Wildman–Crippen LogP) is 2.37. The molecule has 0 bridgehead atoms. The summed E-state index contributed by atoms with van der Waals surface area (Å²) in [5.74, 6) is 0.572. The van der Waals surface area contributed by atoms with Crippen molar-refractivity contribution in [3.8, 4) is 0 Å². The molecule has 0 spiro atoms. The number of nitrogen functional groups attached to an aromatic ring is 1. The minimum Gasteiger partial charge on any atom is -0.383 e. The number of anilines is 1. The SMILES string of the molecule is CCCCCOCc1cccnc1N. The first kappa shape index (κ1) is 11.0. The van der Waals surface area contributed by atoms with Gasteiger partial charge in [-0.1, -0.05) is 25.8 Å². The van der Waals surface area contributed by atoms with E-state index in [0.29, 0.717) is 12.4 Å². The van der Waals surface area contributed by atoms with Gasteiger partial charge in [0.05, 0.1) is 6.61 Å². The summed E-state index contributed by atoms with van der Waals surface area (Å²) in [6, 6.07) is 3.82. The van der Waals surface area contributed by atoms with Gasteiger partial charge in [-0.25, -0.2) is 4.98 Å². The fourth-order valence-electron chi connectivity index (χ4n) is 1.21. The molecule has 0 fully saturated rings. The van der Waals surface area contributed by atoms with Gasteiger partial charge in [0.1, 0.15) is 5.82 Å². The van der Waals surface area contributed by atoms with Gasteiger partial charge in [0.25, 0.3) is 0 Å². The van der Waals surface area contributed by atoms with Crippen molar-refractivity contribution in [2.24, 2.45) is 0 Å². The standard InChI is InChI=1S/C11H18N2O/c1-2-3-4-8-14-9-10-6-5-7-13-11(10)12/h5-7H,2-4,8-9H2,1H3,(H2,12,13). The van der Waals surface area contributed by atoms with Crippen molar-refractivity contribution in [1.29, 1.82) is 0 Å². The van der Waals surface area contributed by atoms with Gasteiger partial charge in [0, 0.05) is 18.4 Å². The lowest BCUT2D eigenvalue weighted by atomic mass is 10.2. The molecule has 0 amide bonds. The second-order valence-electron chi connectivity index (χ2n) is 3.31. The van der Waals surface area contributed by atoms with Gasteiger partial charge in [0.15, 0.2) is 0 Å². The molecule has 1 rings (SSSR count). The summed E-state index contributed by atoms with van der Waals surface area (Å²) in [5, 5.41) is 0. The molecule has 0 aromatic carbocycles. The number of aromatic nitrogens is 1. The second-order valence-corrected chi connectivity index (χ2v) is 3.31. The van der Waals surface area contributed by atoms with E-state index in [2.05, 4.69) is 11.9 Å². The zero-order valence-corrected chi connectivity index (χ0v) is 8.70. The smallest absolute Gasteiger partial charge is 0.128 e. The van der Waals surface area contributed by atoms with E-state index < -0.39 is 0 Å². The highest BCUT2D eigenvalue weighted by molar-refractivity contribution is 5.37. The molecule has 1 heterocycles. The van der Waals surface area contributed by atoms with Crippen molar-refractivity contribution in [2.75, 3.05) is 12.3 Å². The highest BCUT2D eigenvalue weighted by Gasteiger charge is 1.98. The maximum atomic E-state index is 5.67. The number of nitrogens with two attached hydrogens (primary N) is 1. The number of nitrogens with zero attached hydrogens (tertiary/aromatic N) is 1. The van der Waals surface area contributed by atoms with Crippen LogP contribution in [0, 0.1) is 0 Å². The Balaban J connectivity index is 2.21. The largest absolute Gasteiger partial charge is 0.383 e. The number of ether oxygens (including phenoxy) is 1. The summed E-state index contributed by atoms with van der Waals surface area (Å²) in [4.78, 5) is 3.99. The topological polar surface area (TPSA) is 48.1 Å². The number of unbranched alkanes of at least 4 members (excludes halogenated alkanes) is 2. The molecule has 14 heavy (non-hydrogen) atoms. The van der Waals surface area contributed by atoms with Crippen LogP contribution in [0.5, 0.6) is 0 Å². The van der Waals surface area contributed by atoms with Crippen LogP contribution in [0.4, 0.5) is 5.82 Å². The van der Waals surface area contributed by atoms with Crippen LogP contribution in [0.3, 0.4) is 0 Å². The van der Waals surface area contributed by atoms with Crippen LogP contribution in [0.15, 0.2) is 18.3 Å². The molecule has 0 aliphatic carbocycles. The van der Waals surface area contributed by atoms with E-state index in [0.717, 1.165) is 18.6 Å². The highest BCUT2D eigenvalue weighted by atomic mass is 16.5. The fraction of sp³-hybridized carbons (Fsp3) is 0.545. The van der Waals surface area contributed by atoms with Crippen LogP contribution in [0.25, 0.3) is 0 Å². The Morgan fingerprint density at radius 1 is 1.43 bits per heavy atom. The molecule has 0 atom stereocenters. The van der Waals surface area contributed by atoms with Crippen molar-refractivity contribution in [2.45, 2.75) is 32.8 Å². The molecule has 0 saturated carbocycles. The Morgan fingerprint density at radius 2 is 2.29 bits per heavy atom. The summed E-state index contributed by atoms with van der Waals surface area (Å²) in [6.07, 6.45) is 5.26. The first-order valence-electron chi connectivity index (χ1n) is 5.11.